The first kappa shape index (κ1) is 13.3. The minimum absolute atomic E-state index is 0.0532. The third-order valence-corrected chi connectivity index (χ3v) is 3.86. The van der Waals surface area contributed by atoms with E-state index in [1.807, 2.05) is 18.2 Å². The van der Waals surface area contributed by atoms with Gasteiger partial charge < -0.3 is 0 Å². The minimum atomic E-state index is 0.0532. The predicted octanol–water partition coefficient (Wildman–Crippen LogP) is 4.83. The Kier molecular flexibility index (Phi) is 4.20. The highest BCUT2D eigenvalue weighted by Crippen LogP contribution is 2.24. The van der Waals surface area contributed by atoms with Gasteiger partial charge in [0.1, 0.15) is 0 Å². The third kappa shape index (κ3) is 3.21. The van der Waals surface area contributed by atoms with Gasteiger partial charge in [0.15, 0.2) is 0 Å². The number of hydrogen-bond acceptors (Lipinski definition) is 2. The average Bonchev–Trinajstić information content (AvgIpc) is 2.74. The van der Waals surface area contributed by atoms with Crippen molar-refractivity contribution in [2.45, 2.75) is 20.3 Å². The summed E-state index contributed by atoms with van der Waals surface area (Å²) in [5, 5.41) is 0. The van der Waals surface area contributed by atoms with Crippen molar-refractivity contribution in [3.63, 3.8) is 0 Å². The van der Waals surface area contributed by atoms with E-state index in [4.69, 9.17) is 11.6 Å². The van der Waals surface area contributed by atoms with Gasteiger partial charge in [0.25, 0.3) is 0 Å². The van der Waals surface area contributed by atoms with Gasteiger partial charge >= 0.3 is 0 Å². The molecule has 0 saturated carbocycles. The second-order valence-corrected chi connectivity index (χ2v) is 6.45. The Morgan fingerprint density at radius 2 is 2.06 bits per heavy atom. The Labute approximate surface area is 116 Å². The van der Waals surface area contributed by atoms with E-state index in [0.29, 0.717) is 15.1 Å². The summed E-state index contributed by atoms with van der Waals surface area (Å²) in [6.07, 6.45) is 0.992. The van der Waals surface area contributed by atoms with Crippen molar-refractivity contribution in [1.29, 1.82) is 0 Å². The van der Waals surface area contributed by atoms with Crippen LogP contribution >= 0.6 is 22.9 Å². The van der Waals surface area contributed by atoms with E-state index in [-0.39, 0.29) is 5.78 Å². The molecule has 1 aromatic carbocycles. The highest BCUT2D eigenvalue weighted by atomic mass is 35.5. The van der Waals surface area contributed by atoms with Crippen molar-refractivity contribution in [2.75, 3.05) is 0 Å². The molecule has 0 saturated heterocycles. The summed E-state index contributed by atoms with van der Waals surface area (Å²) >= 11 is 7.18. The highest BCUT2D eigenvalue weighted by molar-refractivity contribution is 7.18. The van der Waals surface area contributed by atoms with Crippen LogP contribution in [-0.2, 0) is 6.42 Å². The van der Waals surface area contributed by atoms with Crippen molar-refractivity contribution in [3.05, 3.63) is 56.7 Å². The second-order valence-electron chi connectivity index (χ2n) is 4.73. The summed E-state index contributed by atoms with van der Waals surface area (Å²) in [4.78, 5) is 12.9. The van der Waals surface area contributed by atoms with Crippen LogP contribution in [-0.4, -0.2) is 5.78 Å². The Balaban J connectivity index is 2.25. The van der Waals surface area contributed by atoms with Crippen molar-refractivity contribution in [1.82, 2.24) is 0 Å². The lowest BCUT2D eigenvalue weighted by Crippen LogP contribution is -2.01. The summed E-state index contributed by atoms with van der Waals surface area (Å²) < 4.78 is 0.650. The number of hydrogen-bond donors (Lipinski definition) is 0. The lowest BCUT2D eigenvalue weighted by atomic mass is 9.99. The second kappa shape index (κ2) is 5.68. The van der Waals surface area contributed by atoms with E-state index >= 15 is 0 Å². The highest BCUT2D eigenvalue weighted by Gasteiger charge is 2.12. The van der Waals surface area contributed by atoms with Gasteiger partial charge in [-0.3, -0.25) is 4.79 Å². The standard InChI is InChI=1S/C15H15ClOS/c1-10(2)8-11-4-3-5-12(9-11)15(17)13-6-7-14(16)18-13/h3-7,9-10H,8H2,1-2H3. The van der Waals surface area contributed by atoms with Crippen LogP contribution in [0.1, 0.15) is 34.6 Å². The number of ketones is 1. The van der Waals surface area contributed by atoms with Gasteiger partial charge in [-0.2, -0.15) is 0 Å². The van der Waals surface area contributed by atoms with Gasteiger partial charge in [-0.05, 0) is 36.1 Å². The molecule has 0 unspecified atom stereocenters. The van der Waals surface area contributed by atoms with Crippen LogP contribution < -0.4 is 0 Å². The largest absolute Gasteiger partial charge is 0.288 e. The molecule has 1 nitrogen and oxygen atoms in total. The molecule has 0 radical (unpaired) electrons. The lowest BCUT2D eigenvalue weighted by Gasteiger charge is -2.06. The number of thiophene rings is 1. The molecule has 0 aliphatic rings. The molecule has 2 rings (SSSR count). The maximum atomic E-state index is 12.2. The quantitative estimate of drug-likeness (QED) is 0.732. The maximum Gasteiger partial charge on any atom is 0.203 e. The van der Waals surface area contributed by atoms with E-state index < -0.39 is 0 Å². The average molecular weight is 279 g/mol. The predicted molar refractivity (Wildman–Crippen MR) is 77.7 cm³/mol. The molecular formula is C15H15ClOS. The van der Waals surface area contributed by atoms with Gasteiger partial charge in [-0.25, -0.2) is 0 Å². The zero-order valence-corrected chi connectivity index (χ0v) is 12.0. The first-order valence-electron chi connectivity index (χ1n) is 5.95. The molecule has 3 heteroatoms. The molecule has 0 amide bonds. The smallest absolute Gasteiger partial charge is 0.203 e. The topological polar surface area (TPSA) is 17.1 Å². The Hall–Kier alpha value is -1.12. The van der Waals surface area contributed by atoms with Crippen LogP contribution in [0.4, 0.5) is 0 Å². The van der Waals surface area contributed by atoms with Crippen LogP contribution in [0.3, 0.4) is 0 Å². The van der Waals surface area contributed by atoms with Crippen LogP contribution in [0.2, 0.25) is 4.34 Å². The van der Waals surface area contributed by atoms with E-state index in [1.54, 1.807) is 12.1 Å². The van der Waals surface area contributed by atoms with Gasteiger partial charge in [0.2, 0.25) is 5.78 Å². The molecule has 1 aromatic heterocycles. The van der Waals surface area contributed by atoms with E-state index in [9.17, 15) is 4.79 Å². The van der Waals surface area contributed by atoms with E-state index in [1.165, 1.54) is 16.9 Å². The summed E-state index contributed by atoms with van der Waals surface area (Å²) in [5.74, 6) is 0.643. The van der Waals surface area contributed by atoms with Gasteiger partial charge in [-0.1, -0.05) is 43.6 Å². The lowest BCUT2D eigenvalue weighted by molar-refractivity contribution is 0.104. The fraction of sp³-hybridized carbons (Fsp3) is 0.267. The molecule has 0 aliphatic carbocycles. The zero-order chi connectivity index (χ0) is 13.1. The molecule has 1 heterocycles. The molecule has 0 spiro atoms. The molecule has 0 bridgehead atoms. The molecule has 0 N–H and O–H groups in total. The van der Waals surface area contributed by atoms with Crippen molar-refractivity contribution in [3.8, 4) is 0 Å². The Bertz CT molecular complexity index is 557. The molecule has 94 valence electrons. The normalized spacial score (nSPS) is 10.9. The first-order valence-corrected chi connectivity index (χ1v) is 7.14. The Morgan fingerprint density at radius 1 is 1.28 bits per heavy atom. The number of carbonyl (C=O) groups excluding carboxylic acids is 1. The number of halogens is 1. The Morgan fingerprint density at radius 3 is 2.67 bits per heavy atom. The number of benzene rings is 1. The molecule has 18 heavy (non-hydrogen) atoms. The fourth-order valence-electron chi connectivity index (χ4n) is 1.89. The minimum Gasteiger partial charge on any atom is -0.288 e. The monoisotopic (exact) mass is 278 g/mol. The van der Waals surface area contributed by atoms with E-state index in [0.717, 1.165) is 12.0 Å². The van der Waals surface area contributed by atoms with Crippen molar-refractivity contribution < 1.29 is 4.79 Å². The fourth-order valence-corrected chi connectivity index (χ4v) is 2.89. The van der Waals surface area contributed by atoms with Crippen molar-refractivity contribution >= 4 is 28.7 Å². The summed E-state index contributed by atoms with van der Waals surface area (Å²) in [7, 11) is 0. The maximum absolute atomic E-state index is 12.2. The zero-order valence-electron chi connectivity index (χ0n) is 10.4. The van der Waals surface area contributed by atoms with Gasteiger partial charge in [0, 0.05) is 5.56 Å². The van der Waals surface area contributed by atoms with Crippen LogP contribution in [0.25, 0.3) is 0 Å². The molecular weight excluding hydrogens is 264 g/mol. The van der Waals surface area contributed by atoms with Crippen LogP contribution in [0.15, 0.2) is 36.4 Å². The van der Waals surface area contributed by atoms with Crippen LogP contribution in [0.5, 0.6) is 0 Å². The third-order valence-electron chi connectivity index (χ3n) is 2.63. The summed E-state index contributed by atoms with van der Waals surface area (Å²) in [6, 6.07) is 11.4. The summed E-state index contributed by atoms with van der Waals surface area (Å²) in [5.41, 5.74) is 1.95. The molecule has 0 fully saturated rings. The SMILES string of the molecule is CC(C)Cc1cccc(C(=O)c2ccc(Cl)s2)c1. The van der Waals surface area contributed by atoms with Gasteiger partial charge in [-0.15, -0.1) is 11.3 Å². The van der Waals surface area contributed by atoms with Crippen LogP contribution in [0, 0.1) is 5.92 Å². The first-order chi connectivity index (χ1) is 8.56. The summed E-state index contributed by atoms with van der Waals surface area (Å²) in [6.45, 7) is 4.35. The molecule has 0 atom stereocenters. The van der Waals surface area contributed by atoms with Crippen molar-refractivity contribution in [2.24, 2.45) is 5.92 Å². The van der Waals surface area contributed by atoms with Gasteiger partial charge in [0.05, 0.1) is 9.21 Å². The number of rotatable bonds is 4. The number of carbonyl (C=O) groups is 1. The molecule has 0 aliphatic heterocycles. The molecule has 2 aromatic rings. The van der Waals surface area contributed by atoms with E-state index in [2.05, 4.69) is 19.9 Å².